The first-order valence-electron chi connectivity index (χ1n) is 9.75. The maximum atomic E-state index is 13.5. The van der Waals surface area contributed by atoms with Crippen LogP contribution in [-0.2, 0) is 4.79 Å². The van der Waals surface area contributed by atoms with Crippen molar-refractivity contribution in [2.45, 2.75) is 30.9 Å². The lowest BCUT2D eigenvalue weighted by molar-refractivity contribution is -0.123. The van der Waals surface area contributed by atoms with E-state index >= 15 is 0 Å². The number of aliphatic hydroxyl groups is 1. The van der Waals surface area contributed by atoms with Gasteiger partial charge in [0, 0.05) is 24.4 Å². The van der Waals surface area contributed by atoms with Crippen LogP contribution >= 0.6 is 11.6 Å². The Labute approximate surface area is 187 Å². The van der Waals surface area contributed by atoms with Gasteiger partial charge in [0.1, 0.15) is 23.3 Å². The van der Waals surface area contributed by atoms with Crippen LogP contribution in [0.1, 0.15) is 35.3 Å². The summed E-state index contributed by atoms with van der Waals surface area (Å²) < 4.78 is 18.7. The predicted molar refractivity (Wildman–Crippen MR) is 111 cm³/mol. The number of halogens is 2. The Bertz CT molecular complexity index is 1150. The molecule has 0 aliphatic heterocycles. The number of hydrogen-bond donors (Lipinski definition) is 3. The average molecular weight is 457 g/mol. The third-order valence-electron chi connectivity index (χ3n) is 5.44. The Morgan fingerprint density at radius 3 is 2.75 bits per heavy atom. The van der Waals surface area contributed by atoms with Gasteiger partial charge in [0.05, 0.1) is 22.2 Å². The quantitative estimate of drug-likeness (QED) is 0.612. The minimum absolute atomic E-state index is 0.0467. The second-order valence-corrected chi connectivity index (χ2v) is 8.19. The molecule has 32 heavy (non-hydrogen) atoms. The van der Waals surface area contributed by atoms with Gasteiger partial charge >= 0.3 is 0 Å². The standard InChI is InChI=1S/C22H18ClFN4O4/c23-15-3-2-14(5-16(15)24)32-11-19(30)27-20-13-6-22(7-13,8-18(20)29)28-21(31)17-4-1-12(9-25)10-26-17/h1-5,10,18,29H,6-8,11H2,(H,27,30)(H,28,31). The topological polar surface area (TPSA) is 124 Å². The van der Waals surface area contributed by atoms with E-state index in [-0.39, 0.29) is 29.5 Å². The van der Waals surface area contributed by atoms with Crippen LogP contribution in [-0.4, -0.2) is 40.2 Å². The molecule has 1 unspecified atom stereocenters. The van der Waals surface area contributed by atoms with Crippen molar-refractivity contribution in [2.75, 3.05) is 6.61 Å². The van der Waals surface area contributed by atoms with Gasteiger partial charge in [0.15, 0.2) is 6.61 Å². The summed E-state index contributed by atoms with van der Waals surface area (Å²) >= 11 is 5.61. The van der Waals surface area contributed by atoms with Crippen LogP contribution in [0.4, 0.5) is 4.39 Å². The fourth-order valence-corrected chi connectivity index (χ4v) is 4.04. The van der Waals surface area contributed by atoms with Gasteiger partial charge in [0.2, 0.25) is 0 Å². The maximum Gasteiger partial charge on any atom is 0.270 e. The summed E-state index contributed by atoms with van der Waals surface area (Å²) in [7, 11) is 0. The number of aromatic nitrogens is 1. The highest BCUT2D eigenvalue weighted by atomic mass is 35.5. The Kier molecular flexibility index (Phi) is 5.82. The number of amides is 2. The van der Waals surface area contributed by atoms with E-state index in [0.29, 0.717) is 24.1 Å². The largest absolute Gasteiger partial charge is 0.484 e. The summed E-state index contributed by atoms with van der Waals surface area (Å²) in [6.07, 6.45) is 1.58. The molecule has 2 amide bonds. The van der Waals surface area contributed by atoms with Crippen molar-refractivity contribution < 1.29 is 23.8 Å². The Hall–Kier alpha value is -3.48. The molecule has 1 heterocycles. The molecule has 10 heteroatoms. The number of hydrogen-bond acceptors (Lipinski definition) is 6. The molecule has 3 aliphatic carbocycles. The molecule has 3 N–H and O–H groups in total. The van der Waals surface area contributed by atoms with E-state index in [4.69, 9.17) is 21.6 Å². The summed E-state index contributed by atoms with van der Waals surface area (Å²) in [5.74, 6) is -1.38. The molecule has 0 spiro atoms. The van der Waals surface area contributed by atoms with E-state index in [1.165, 1.54) is 30.5 Å². The number of carbonyl (C=O) groups excluding carboxylic acids is 2. The van der Waals surface area contributed by atoms with Crippen LogP contribution in [0, 0.1) is 17.1 Å². The molecule has 0 saturated heterocycles. The van der Waals surface area contributed by atoms with Gasteiger partial charge < -0.3 is 20.5 Å². The van der Waals surface area contributed by atoms with Crippen molar-refractivity contribution in [3.63, 3.8) is 0 Å². The molecule has 2 bridgehead atoms. The first-order chi connectivity index (χ1) is 15.3. The Morgan fingerprint density at radius 2 is 2.12 bits per heavy atom. The molecule has 3 aliphatic rings. The Balaban J connectivity index is 1.34. The monoisotopic (exact) mass is 456 g/mol. The van der Waals surface area contributed by atoms with Gasteiger partial charge in [-0.15, -0.1) is 0 Å². The number of nitriles is 1. The summed E-state index contributed by atoms with van der Waals surface area (Å²) in [6.45, 7) is -0.364. The number of nitrogens with one attached hydrogen (secondary N) is 2. The summed E-state index contributed by atoms with van der Waals surface area (Å²) in [5, 5.41) is 24.9. The normalized spacial score (nSPS) is 21.2. The van der Waals surface area contributed by atoms with E-state index in [0.717, 1.165) is 11.6 Å². The third-order valence-corrected chi connectivity index (χ3v) is 5.75. The molecule has 1 fully saturated rings. The molecular formula is C22H18ClFN4O4. The van der Waals surface area contributed by atoms with Crippen LogP contribution in [0.15, 0.2) is 47.8 Å². The van der Waals surface area contributed by atoms with Crippen molar-refractivity contribution in [3.05, 3.63) is 69.9 Å². The van der Waals surface area contributed by atoms with E-state index in [1.54, 1.807) is 0 Å². The molecule has 1 aromatic heterocycles. The van der Waals surface area contributed by atoms with Gasteiger partial charge in [-0.1, -0.05) is 11.6 Å². The number of fused-ring (bicyclic) bond motifs is 2. The van der Waals surface area contributed by atoms with Crippen molar-refractivity contribution in [1.29, 1.82) is 5.26 Å². The first kappa shape index (κ1) is 21.7. The van der Waals surface area contributed by atoms with Gasteiger partial charge in [-0.3, -0.25) is 9.59 Å². The second kappa shape index (κ2) is 8.57. The number of carbonyl (C=O) groups is 2. The van der Waals surface area contributed by atoms with Gasteiger partial charge in [0.25, 0.3) is 11.8 Å². The predicted octanol–water partition coefficient (Wildman–Crippen LogP) is 2.22. The summed E-state index contributed by atoms with van der Waals surface area (Å²) in [4.78, 5) is 28.7. The lowest BCUT2D eigenvalue weighted by Crippen LogP contribution is -2.61. The van der Waals surface area contributed by atoms with Crippen LogP contribution in [0.3, 0.4) is 0 Å². The highest BCUT2D eigenvalue weighted by Gasteiger charge is 2.50. The highest BCUT2D eigenvalue weighted by Crippen LogP contribution is 2.47. The van der Waals surface area contributed by atoms with Gasteiger partial charge in [-0.25, -0.2) is 9.37 Å². The minimum atomic E-state index is -0.960. The fourth-order valence-electron chi connectivity index (χ4n) is 3.92. The summed E-state index contributed by atoms with van der Waals surface area (Å²) in [6, 6.07) is 8.78. The van der Waals surface area contributed by atoms with E-state index < -0.39 is 29.3 Å². The van der Waals surface area contributed by atoms with Crippen molar-refractivity contribution in [1.82, 2.24) is 15.6 Å². The number of ether oxygens (including phenoxy) is 1. The van der Waals surface area contributed by atoms with E-state index in [2.05, 4.69) is 15.6 Å². The number of benzene rings is 1. The number of rotatable bonds is 6. The van der Waals surface area contributed by atoms with Crippen LogP contribution in [0.25, 0.3) is 0 Å². The lowest BCUT2D eigenvalue weighted by atomic mass is 9.63. The number of pyridine rings is 1. The maximum absolute atomic E-state index is 13.5. The number of aliphatic hydroxyl groups excluding tert-OH is 1. The molecule has 0 radical (unpaired) electrons. The highest BCUT2D eigenvalue weighted by molar-refractivity contribution is 6.30. The molecular weight excluding hydrogens is 439 g/mol. The fraction of sp³-hybridized carbons (Fsp3) is 0.273. The van der Waals surface area contributed by atoms with Crippen molar-refractivity contribution in [3.8, 4) is 11.8 Å². The van der Waals surface area contributed by atoms with Gasteiger partial charge in [-0.05, 0) is 42.7 Å². The zero-order chi connectivity index (χ0) is 22.9. The third kappa shape index (κ3) is 4.42. The van der Waals surface area contributed by atoms with Crippen LogP contribution in [0.5, 0.6) is 5.75 Å². The lowest BCUT2D eigenvalue weighted by Gasteiger charge is -2.51. The zero-order valence-corrected chi connectivity index (χ0v) is 17.4. The molecule has 1 atom stereocenters. The average Bonchev–Trinajstić information content (AvgIpc) is 2.75. The van der Waals surface area contributed by atoms with Gasteiger partial charge in [-0.2, -0.15) is 5.26 Å². The molecule has 8 nitrogen and oxygen atoms in total. The van der Waals surface area contributed by atoms with E-state index in [1.807, 2.05) is 6.07 Å². The minimum Gasteiger partial charge on any atom is -0.484 e. The molecule has 1 aromatic carbocycles. The first-order valence-corrected chi connectivity index (χ1v) is 10.1. The van der Waals surface area contributed by atoms with Crippen LogP contribution in [0.2, 0.25) is 5.02 Å². The molecule has 2 aromatic rings. The summed E-state index contributed by atoms with van der Waals surface area (Å²) in [5.41, 5.74) is 1.18. The van der Waals surface area contributed by atoms with Crippen molar-refractivity contribution in [2.24, 2.45) is 0 Å². The molecule has 5 rings (SSSR count). The molecule has 164 valence electrons. The second-order valence-electron chi connectivity index (χ2n) is 7.78. The van der Waals surface area contributed by atoms with E-state index in [9.17, 15) is 19.1 Å². The van der Waals surface area contributed by atoms with Crippen molar-refractivity contribution >= 4 is 23.4 Å². The smallest absolute Gasteiger partial charge is 0.270 e. The zero-order valence-electron chi connectivity index (χ0n) is 16.7. The van der Waals surface area contributed by atoms with Crippen LogP contribution < -0.4 is 15.4 Å². The SMILES string of the molecule is N#Cc1ccc(C(=O)NC23CC(=C(NC(=O)COc4ccc(Cl)c(F)c4)C(O)C2)C3)nc1. The number of nitrogens with zero attached hydrogens (tertiary/aromatic N) is 2. The molecule has 1 saturated carbocycles. The Morgan fingerprint density at radius 1 is 1.34 bits per heavy atom.